The van der Waals surface area contributed by atoms with Crippen molar-refractivity contribution in [3.8, 4) is 0 Å². The molecular formula is C26H33N3O3. The Morgan fingerprint density at radius 1 is 0.938 bits per heavy atom. The zero-order chi connectivity index (χ0) is 22.3. The molecule has 1 atom stereocenters. The second-order valence-corrected chi connectivity index (χ2v) is 8.81. The van der Waals surface area contributed by atoms with Gasteiger partial charge in [-0.25, -0.2) is 4.79 Å². The molecular weight excluding hydrogens is 402 g/mol. The van der Waals surface area contributed by atoms with Crippen molar-refractivity contribution >= 4 is 23.3 Å². The van der Waals surface area contributed by atoms with Crippen molar-refractivity contribution in [2.45, 2.75) is 50.6 Å². The minimum Gasteiger partial charge on any atom is -0.468 e. The molecule has 2 aromatic carbocycles. The number of anilines is 2. The van der Waals surface area contributed by atoms with Gasteiger partial charge in [0, 0.05) is 36.4 Å². The molecule has 1 saturated heterocycles. The quantitative estimate of drug-likeness (QED) is 0.635. The molecule has 1 amide bonds. The number of benzene rings is 2. The molecule has 6 nitrogen and oxygen atoms in total. The van der Waals surface area contributed by atoms with E-state index >= 15 is 0 Å². The Morgan fingerprint density at radius 2 is 1.59 bits per heavy atom. The van der Waals surface area contributed by atoms with E-state index in [4.69, 9.17) is 4.74 Å². The lowest BCUT2D eigenvalue weighted by molar-refractivity contribution is -0.143. The van der Waals surface area contributed by atoms with Gasteiger partial charge in [0.05, 0.1) is 7.11 Å². The number of carbonyl (C=O) groups excluding carboxylic acids is 2. The van der Waals surface area contributed by atoms with Crippen molar-refractivity contribution in [2.24, 2.45) is 5.92 Å². The Kier molecular flexibility index (Phi) is 7.43. The second-order valence-electron chi connectivity index (χ2n) is 8.81. The second kappa shape index (κ2) is 10.6. The minimum absolute atomic E-state index is 0.153. The fraction of sp³-hybridized carbons (Fsp3) is 0.462. The standard InChI is InChI=1S/C26H33N3O3/c1-32-26(31)24(19-7-3-2-4-8-19)27-22-15-17-29(18-16-22)23-13-11-21(12-14-23)28-25(30)20-9-5-6-10-20/h2-4,7-8,11-14,20,22,24,27H,5-6,9-10,15-18H2,1H3,(H,28,30)/t24-/m0/s1. The van der Waals surface area contributed by atoms with Crippen molar-refractivity contribution < 1.29 is 14.3 Å². The summed E-state index contributed by atoms with van der Waals surface area (Å²) in [5.41, 5.74) is 2.96. The maximum Gasteiger partial charge on any atom is 0.327 e. The van der Waals surface area contributed by atoms with Crippen molar-refractivity contribution in [1.82, 2.24) is 5.32 Å². The van der Waals surface area contributed by atoms with E-state index in [1.165, 1.54) is 7.11 Å². The van der Waals surface area contributed by atoms with Crippen molar-refractivity contribution in [2.75, 3.05) is 30.4 Å². The van der Waals surface area contributed by atoms with Gasteiger partial charge in [0.25, 0.3) is 0 Å². The third kappa shape index (κ3) is 5.49. The molecule has 0 spiro atoms. The Balaban J connectivity index is 1.30. The smallest absolute Gasteiger partial charge is 0.327 e. The first-order chi connectivity index (χ1) is 15.6. The van der Waals surface area contributed by atoms with Crippen molar-refractivity contribution in [3.63, 3.8) is 0 Å². The Hall–Kier alpha value is -2.86. The molecule has 4 rings (SSSR count). The van der Waals surface area contributed by atoms with Crippen LogP contribution in [0.3, 0.4) is 0 Å². The fourth-order valence-electron chi connectivity index (χ4n) is 4.79. The summed E-state index contributed by atoms with van der Waals surface area (Å²) in [7, 11) is 1.43. The van der Waals surface area contributed by atoms with Crippen LogP contribution in [0, 0.1) is 5.92 Å². The van der Waals surface area contributed by atoms with Gasteiger partial charge in [0.1, 0.15) is 6.04 Å². The Labute approximate surface area is 190 Å². The zero-order valence-corrected chi connectivity index (χ0v) is 18.8. The van der Waals surface area contributed by atoms with Gasteiger partial charge in [-0.1, -0.05) is 43.2 Å². The normalized spacial score (nSPS) is 18.3. The van der Waals surface area contributed by atoms with Gasteiger partial charge in [0.2, 0.25) is 5.91 Å². The molecule has 170 valence electrons. The van der Waals surface area contributed by atoms with Crippen LogP contribution in [0.5, 0.6) is 0 Å². The highest BCUT2D eigenvalue weighted by Gasteiger charge is 2.27. The molecule has 6 heteroatoms. The number of piperidine rings is 1. The average Bonchev–Trinajstić information content (AvgIpc) is 3.39. The summed E-state index contributed by atoms with van der Waals surface area (Å²) in [6.07, 6.45) is 6.23. The zero-order valence-electron chi connectivity index (χ0n) is 18.8. The molecule has 1 aliphatic carbocycles. The van der Waals surface area contributed by atoms with Crippen LogP contribution in [0.25, 0.3) is 0 Å². The van der Waals surface area contributed by atoms with Crippen molar-refractivity contribution in [3.05, 3.63) is 60.2 Å². The third-order valence-electron chi connectivity index (χ3n) is 6.69. The van der Waals surface area contributed by atoms with Gasteiger partial charge >= 0.3 is 5.97 Å². The highest BCUT2D eigenvalue weighted by atomic mass is 16.5. The summed E-state index contributed by atoms with van der Waals surface area (Å²) in [4.78, 5) is 27.0. The van der Waals surface area contributed by atoms with Gasteiger partial charge in [-0.3, -0.25) is 10.1 Å². The first-order valence-corrected chi connectivity index (χ1v) is 11.7. The molecule has 1 heterocycles. The van der Waals surface area contributed by atoms with E-state index in [0.29, 0.717) is 0 Å². The summed E-state index contributed by atoms with van der Waals surface area (Å²) in [6.45, 7) is 1.82. The Bertz CT molecular complexity index is 886. The van der Waals surface area contributed by atoms with Crippen LogP contribution in [0.1, 0.15) is 50.1 Å². The number of ether oxygens (including phenoxy) is 1. The molecule has 0 bridgehead atoms. The van der Waals surface area contributed by atoms with Gasteiger partial charge in [-0.2, -0.15) is 0 Å². The van der Waals surface area contributed by atoms with Crippen molar-refractivity contribution in [1.29, 1.82) is 0 Å². The van der Waals surface area contributed by atoms with E-state index in [9.17, 15) is 9.59 Å². The minimum atomic E-state index is -0.444. The lowest BCUT2D eigenvalue weighted by Gasteiger charge is -2.35. The monoisotopic (exact) mass is 435 g/mol. The van der Waals surface area contributed by atoms with Gasteiger partial charge in [0.15, 0.2) is 0 Å². The highest BCUT2D eigenvalue weighted by molar-refractivity contribution is 5.92. The number of hydrogen-bond donors (Lipinski definition) is 2. The van der Waals surface area contributed by atoms with Crippen LogP contribution in [0.15, 0.2) is 54.6 Å². The Morgan fingerprint density at radius 3 is 2.22 bits per heavy atom. The molecule has 2 N–H and O–H groups in total. The fourth-order valence-corrected chi connectivity index (χ4v) is 4.79. The molecule has 0 radical (unpaired) electrons. The predicted molar refractivity (Wildman–Crippen MR) is 127 cm³/mol. The van der Waals surface area contributed by atoms with Crippen LogP contribution < -0.4 is 15.5 Å². The molecule has 2 fully saturated rings. The van der Waals surface area contributed by atoms with E-state index in [0.717, 1.165) is 68.6 Å². The summed E-state index contributed by atoms with van der Waals surface area (Å²) < 4.78 is 5.03. The summed E-state index contributed by atoms with van der Waals surface area (Å²) in [5.74, 6) is 0.0699. The third-order valence-corrected chi connectivity index (χ3v) is 6.69. The lowest BCUT2D eigenvalue weighted by Crippen LogP contribution is -2.45. The number of methoxy groups -OCH3 is 1. The van der Waals surface area contributed by atoms with Crippen LogP contribution >= 0.6 is 0 Å². The van der Waals surface area contributed by atoms with Crippen LogP contribution in [-0.4, -0.2) is 38.1 Å². The number of nitrogens with one attached hydrogen (secondary N) is 2. The maximum absolute atomic E-state index is 12.3. The number of esters is 1. The van der Waals surface area contributed by atoms with Crippen LogP contribution in [0.4, 0.5) is 11.4 Å². The van der Waals surface area contributed by atoms with Crippen LogP contribution in [0.2, 0.25) is 0 Å². The first kappa shape index (κ1) is 22.3. The number of hydrogen-bond acceptors (Lipinski definition) is 5. The number of nitrogens with zero attached hydrogens (tertiary/aromatic N) is 1. The number of amides is 1. The maximum atomic E-state index is 12.3. The van der Waals surface area contributed by atoms with E-state index in [1.807, 2.05) is 42.5 Å². The van der Waals surface area contributed by atoms with E-state index in [2.05, 4.69) is 27.7 Å². The number of carbonyl (C=O) groups is 2. The largest absolute Gasteiger partial charge is 0.468 e. The van der Waals surface area contributed by atoms with Gasteiger partial charge in [-0.15, -0.1) is 0 Å². The topological polar surface area (TPSA) is 70.7 Å². The van der Waals surface area contributed by atoms with E-state index in [1.54, 1.807) is 0 Å². The first-order valence-electron chi connectivity index (χ1n) is 11.7. The SMILES string of the molecule is COC(=O)[C@@H](NC1CCN(c2ccc(NC(=O)C3CCCC3)cc2)CC1)c1ccccc1. The van der Waals surface area contributed by atoms with Crippen LogP contribution in [-0.2, 0) is 14.3 Å². The summed E-state index contributed by atoms with van der Waals surface area (Å²) in [6, 6.07) is 17.7. The molecule has 0 unspecified atom stereocenters. The molecule has 2 aromatic rings. The summed E-state index contributed by atoms with van der Waals surface area (Å²) >= 11 is 0. The average molecular weight is 436 g/mol. The molecule has 2 aliphatic rings. The number of rotatable bonds is 7. The predicted octanol–water partition coefficient (Wildman–Crippen LogP) is 4.29. The lowest BCUT2D eigenvalue weighted by atomic mass is 10.00. The highest BCUT2D eigenvalue weighted by Crippen LogP contribution is 2.27. The van der Waals surface area contributed by atoms with E-state index in [-0.39, 0.29) is 23.8 Å². The molecule has 1 saturated carbocycles. The molecule has 32 heavy (non-hydrogen) atoms. The molecule has 0 aromatic heterocycles. The van der Waals surface area contributed by atoms with Gasteiger partial charge < -0.3 is 15.0 Å². The van der Waals surface area contributed by atoms with E-state index < -0.39 is 6.04 Å². The summed E-state index contributed by atoms with van der Waals surface area (Å²) in [5, 5.41) is 6.57. The molecule has 1 aliphatic heterocycles. The van der Waals surface area contributed by atoms with Gasteiger partial charge in [-0.05, 0) is 55.5 Å².